The predicted molar refractivity (Wildman–Crippen MR) is 77.5 cm³/mol. The van der Waals surface area contributed by atoms with Gasteiger partial charge in [0.25, 0.3) is 0 Å². The Labute approximate surface area is 120 Å². The van der Waals surface area contributed by atoms with Crippen molar-refractivity contribution >= 4 is 10.0 Å². The molecule has 0 spiro atoms. The summed E-state index contributed by atoms with van der Waals surface area (Å²) >= 11 is 0. The summed E-state index contributed by atoms with van der Waals surface area (Å²) in [5.74, 6) is 0. The molecule has 0 atom stereocenters. The zero-order valence-electron chi connectivity index (χ0n) is 11.3. The molecule has 20 heavy (non-hydrogen) atoms. The molecule has 2 rings (SSSR count). The van der Waals surface area contributed by atoms with Crippen molar-refractivity contribution in [3.63, 3.8) is 0 Å². The molecule has 0 aromatic heterocycles. The van der Waals surface area contributed by atoms with Crippen LogP contribution in [0, 0.1) is 11.3 Å². The molecular weight excluding hydrogens is 272 g/mol. The van der Waals surface area contributed by atoms with E-state index in [0.717, 1.165) is 19.3 Å². The monoisotopic (exact) mass is 290 g/mol. The molecule has 0 unspecified atom stereocenters. The highest BCUT2D eigenvalue weighted by molar-refractivity contribution is 7.89. The lowest BCUT2D eigenvalue weighted by molar-refractivity contribution is 0.579. The summed E-state index contributed by atoms with van der Waals surface area (Å²) in [6.45, 7) is 0.408. The smallest absolute Gasteiger partial charge is 0.211 e. The van der Waals surface area contributed by atoms with Gasteiger partial charge >= 0.3 is 0 Å². The van der Waals surface area contributed by atoms with Crippen LogP contribution in [0.1, 0.15) is 37.7 Å². The number of sulfonamides is 1. The molecule has 0 bridgehead atoms. The number of nitriles is 1. The molecule has 1 aromatic rings. The quantitative estimate of drug-likeness (QED) is 0.848. The summed E-state index contributed by atoms with van der Waals surface area (Å²) in [4.78, 5) is 0.147. The summed E-state index contributed by atoms with van der Waals surface area (Å²) in [5, 5.41) is 8.80. The van der Waals surface area contributed by atoms with Gasteiger partial charge in [-0.15, -0.1) is 0 Å². The Morgan fingerprint density at radius 1 is 1.30 bits per heavy atom. The molecule has 0 aliphatic heterocycles. The van der Waals surface area contributed by atoms with Crippen LogP contribution in [0.2, 0.25) is 0 Å². The van der Waals surface area contributed by atoms with Gasteiger partial charge in [0.15, 0.2) is 0 Å². The highest BCUT2D eigenvalue weighted by Gasteiger charge is 2.14. The van der Waals surface area contributed by atoms with E-state index in [1.807, 2.05) is 6.07 Å². The van der Waals surface area contributed by atoms with Crippen molar-refractivity contribution in [1.29, 1.82) is 5.26 Å². The van der Waals surface area contributed by atoms with Gasteiger partial charge in [0.05, 0.1) is 16.5 Å². The summed E-state index contributed by atoms with van der Waals surface area (Å²) in [7, 11) is -3.52. The second-order valence-electron chi connectivity index (χ2n) is 4.90. The Morgan fingerprint density at radius 3 is 2.85 bits per heavy atom. The third kappa shape index (κ3) is 3.92. The maximum absolute atomic E-state index is 12.1. The summed E-state index contributed by atoms with van der Waals surface area (Å²) < 4.78 is 26.8. The first kappa shape index (κ1) is 14.8. The van der Waals surface area contributed by atoms with Crippen molar-refractivity contribution in [1.82, 2.24) is 4.72 Å². The Hall–Kier alpha value is -1.64. The van der Waals surface area contributed by atoms with Gasteiger partial charge in [0, 0.05) is 6.54 Å². The average molecular weight is 290 g/mol. The number of allylic oxidation sites excluding steroid dienone is 1. The summed E-state index contributed by atoms with van der Waals surface area (Å²) in [6.07, 6.45) is 7.59. The average Bonchev–Trinajstić information content (AvgIpc) is 2.48. The SMILES string of the molecule is N#Cc1cccc(S(=O)(=O)NCCC2=CCCCC2)c1. The molecule has 1 N–H and O–H groups in total. The van der Waals surface area contributed by atoms with Crippen molar-refractivity contribution < 1.29 is 8.42 Å². The second kappa shape index (κ2) is 6.69. The largest absolute Gasteiger partial charge is 0.240 e. The van der Waals surface area contributed by atoms with Crippen LogP contribution in [0.5, 0.6) is 0 Å². The number of nitrogens with zero attached hydrogens (tertiary/aromatic N) is 1. The first-order valence-electron chi connectivity index (χ1n) is 6.79. The van der Waals surface area contributed by atoms with E-state index in [1.165, 1.54) is 30.5 Å². The van der Waals surface area contributed by atoms with Crippen LogP contribution in [-0.2, 0) is 10.0 Å². The number of hydrogen-bond donors (Lipinski definition) is 1. The minimum atomic E-state index is -3.52. The fourth-order valence-electron chi connectivity index (χ4n) is 2.29. The van der Waals surface area contributed by atoms with E-state index < -0.39 is 10.0 Å². The van der Waals surface area contributed by atoms with E-state index in [-0.39, 0.29) is 4.90 Å². The number of nitrogens with one attached hydrogen (secondary N) is 1. The van der Waals surface area contributed by atoms with E-state index in [1.54, 1.807) is 12.1 Å². The number of rotatable bonds is 5. The third-order valence-electron chi connectivity index (χ3n) is 3.40. The first-order valence-corrected chi connectivity index (χ1v) is 8.28. The van der Waals surface area contributed by atoms with Crippen molar-refractivity contribution in [3.05, 3.63) is 41.5 Å². The van der Waals surface area contributed by atoms with Gasteiger partial charge in [-0.2, -0.15) is 5.26 Å². The molecule has 0 amide bonds. The summed E-state index contributed by atoms with van der Waals surface area (Å²) in [5.41, 5.74) is 1.69. The minimum absolute atomic E-state index is 0.147. The predicted octanol–water partition coefficient (Wildman–Crippen LogP) is 2.73. The lowest BCUT2D eigenvalue weighted by Gasteiger charge is -2.13. The zero-order chi connectivity index (χ0) is 14.4. The van der Waals surface area contributed by atoms with E-state index in [0.29, 0.717) is 12.1 Å². The molecule has 0 radical (unpaired) electrons. The fourth-order valence-corrected chi connectivity index (χ4v) is 3.37. The van der Waals surface area contributed by atoms with Crippen LogP contribution in [0.4, 0.5) is 0 Å². The highest BCUT2D eigenvalue weighted by Crippen LogP contribution is 2.19. The van der Waals surface area contributed by atoms with E-state index >= 15 is 0 Å². The Morgan fingerprint density at radius 2 is 2.15 bits per heavy atom. The van der Waals surface area contributed by atoms with Crippen LogP contribution in [0.15, 0.2) is 40.8 Å². The highest BCUT2D eigenvalue weighted by atomic mass is 32.2. The maximum Gasteiger partial charge on any atom is 0.240 e. The molecule has 1 aromatic carbocycles. The van der Waals surface area contributed by atoms with Gasteiger partial charge in [0.1, 0.15) is 0 Å². The fraction of sp³-hybridized carbons (Fsp3) is 0.400. The van der Waals surface area contributed by atoms with Crippen molar-refractivity contribution in [2.45, 2.75) is 37.0 Å². The number of benzene rings is 1. The van der Waals surface area contributed by atoms with E-state index in [2.05, 4.69) is 10.8 Å². The van der Waals surface area contributed by atoms with Gasteiger partial charge in [-0.1, -0.05) is 17.7 Å². The molecule has 0 saturated heterocycles. The van der Waals surface area contributed by atoms with Crippen LogP contribution in [0.3, 0.4) is 0 Å². The van der Waals surface area contributed by atoms with E-state index in [4.69, 9.17) is 5.26 Å². The normalized spacial score (nSPS) is 15.4. The Kier molecular flexibility index (Phi) is 4.94. The van der Waals surface area contributed by atoms with Gasteiger partial charge < -0.3 is 0 Å². The van der Waals surface area contributed by atoms with Gasteiger partial charge in [-0.25, -0.2) is 13.1 Å². The minimum Gasteiger partial charge on any atom is -0.211 e. The molecule has 1 aliphatic carbocycles. The second-order valence-corrected chi connectivity index (χ2v) is 6.66. The van der Waals surface area contributed by atoms with Crippen molar-refractivity contribution in [2.75, 3.05) is 6.54 Å². The molecule has 0 fully saturated rings. The molecule has 5 heteroatoms. The van der Waals surface area contributed by atoms with Crippen LogP contribution in [0.25, 0.3) is 0 Å². The topological polar surface area (TPSA) is 70.0 Å². The van der Waals surface area contributed by atoms with Gasteiger partial charge in [-0.05, 0) is 50.3 Å². The maximum atomic E-state index is 12.1. The van der Waals surface area contributed by atoms with Crippen molar-refractivity contribution in [2.24, 2.45) is 0 Å². The molecule has 0 saturated carbocycles. The standard InChI is InChI=1S/C15H18N2O2S/c16-12-14-7-4-8-15(11-14)20(18,19)17-10-9-13-5-2-1-3-6-13/h4-5,7-8,11,17H,1-3,6,9-10H2. The third-order valence-corrected chi connectivity index (χ3v) is 4.86. The molecule has 4 nitrogen and oxygen atoms in total. The van der Waals surface area contributed by atoms with Gasteiger partial charge in [-0.3, -0.25) is 0 Å². The zero-order valence-corrected chi connectivity index (χ0v) is 12.1. The van der Waals surface area contributed by atoms with Crippen molar-refractivity contribution in [3.8, 4) is 6.07 Å². The lowest BCUT2D eigenvalue weighted by Crippen LogP contribution is -2.25. The van der Waals surface area contributed by atoms with Crippen LogP contribution >= 0.6 is 0 Å². The molecule has 0 heterocycles. The molecule has 106 valence electrons. The Balaban J connectivity index is 1.97. The first-order chi connectivity index (χ1) is 9.62. The summed E-state index contributed by atoms with van der Waals surface area (Å²) in [6, 6.07) is 8.01. The molecule has 1 aliphatic rings. The van der Waals surface area contributed by atoms with Crippen LogP contribution < -0.4 is 4.72 Å². The Bertz CT molecular complexity index is 642. The van der Waals surface area contributed by atoms with E-state index in [9.17, 15) is 8.42 Å². The van der Waals surface area contributed by atoms with Crippen LogP contribution in [-0.4, -0.2) is 15.0 Å². The number of hydrogen-bond acceptors (Lipinski definition) is 3. The van der Waals surface area contributed by atoms with Gasteiger partial charge in [0.2, 0.25) is 10.0 Å². The molecular formula is C15H18N2O2S. The lowest BCUT2D eigenvalue weighted by atomic mass is 9.97.